The first kappa shape index (κ1) is 26.1. The molecule has 1 amide bonds. The van der Waals surface area contributed by atoms with Crippen molar-refractivity contribution in [3.8, 4) is 0 Å². The van der Waals surface area contributed by atoms with Crippen LogP contribution in [0, 0.1) is 5.92 Å². The third kappa shape index (κ3) is 6.21. The predicted molar refractivity (Wildman–Crippen MR) is 138 cm³/mol. The van der Waals surface area contributed by atoms with Crippen LogP contribution in [0.2, 0.25) is 0 Å². The molecule has 0 atom stereocenters. The van der Waals surface area contributed by atoms with Gasteiger partial charge in [-0.1, -0.05) is 66.7 Å². The molecule has 190 valence electrons. The number of rotatable bonds is 8. The Bertz CT molecular complexity index is 1360. The maximum absolute atomic E-state index is 13.6. The Morgan fingerprint density at radius 3 is 1.78 bits per heavy atom. The quantitative estimate of drug-likeness (QED) is 0.446. The second-order valence-corrected chi connectivity index (χ2v) is 13.0. The molecule has 36 heavy (non-hydrogen) atoms. The molecule has 1 heterocycles. The van der Waals surface area contributed by atoms with Gasteiger partial charge >= 0.3 is 0 Å². The largest absolute Gasteiger partial charge is 0.334 e. The SMILES string of the molecule is CS(=O)(=O)c1cccc(S(=O)(=O)N2CCC(C(=O)N(Cc3ccccc3)Cc3ccccc3)CC2)c1. The van der Waals surface area contributed by atoms with E-state index in [1.54, 1.807) is 0 Å². The van der Waals surface area contributed by atoms with E-state index in [9.17, 15) is 21.6 Å². The summed E-state index contributed by atoms with van der Waals surface area (Å²) in [6, 6.07) is 25.1. The van der Waals surface area contributed by atoms with E-state index in [0.717, 1.165) is 17.4 Å². The van der Waals surface area contributed by atoms with E-state index in [1.165, 1.54) is 28.6 Å². The fraction of sp³-hybridized carbons (Fsp3) is 0.296. The lowest BCUT2D eigenvalue weighted by Crippen LogP contribution is -2.44. The second-order valence-electron chi connectivity index (χ2n) is 9.09. The number of benzene rings is 3. The number of piperidine rings is 1. The van der Waals surface area contributed by atoms with Crippen LogP contribution in [0.15, 0.2) is 94.7 Å². The van der Waals surface area contributed by atoms with E-state index in [-0.39, 0.29) is 34.7 Å². The van der Waals surface area contributed by atoms with Crippen LogP contribution in [-0.4, -0.2) is 51.3 Å². The van der Waals surface area contributed by atoms with Crippen molar-refractivity contribution in [2.45, 2.75) is 35.7 Å². The van der Waals surface area contributed by atoms with Gasteiger partial charge in [0.1, 0.15) is 0 Å². The van der Waals surface area contributed by atoms with Crippen LogP contribution in [0.4, 0.5) is 0 Å². The average molecular weight is 527 g/mol. The topological polar surface area (TPSA) is 91.8 Å². The molecule has 3 aromatic carbocycles. The van der Waals surface area contributed by atoms with Crippen LogP contribution in [0.5, 0.6) is 0 Å². The van der Waals surface area contributed by atoms with Crippen LogP contribution < -0.4 is 0 Å². The zero-order chi connectivity index (χ0) is 25.8. The van der Waals surface area contributed by atoms with Crippen LogP contribution in [-0.2, 0) is 37.7 Å². The van der Waals surface area contributed by atoms with Gasteiger partial charge in [0.25, 0.3) is 0 Å². The van der Waals surface area contributed by atoms with Gasteiger partial charge in [0.05, 0.1) is 9.79 Å². The number of sulfonamides is 1. The van der Waals surface area contributed by atoms with Crippen molar-refractivity contribution in [3.05, 3.63) is 96.1 Å². The van der Waals surface area contributed by atoms with Crippen molar-refractivity contribution < 1.29 is 21.6 Å². The number of hydrogen-bond donors (Lipinski definition) is 0. The molecule has 1 fully saturated rings. The molecule has 4 rings (SSSR count). The molecule has 0 aliphatic carbocycles. The third-order valence-electron chi connectivity index (χ3n) is 6.42. The fourth-order valence-corrected chi connectivity index (χ4v) is 6.69. The summed E-state index contributed by atoms with van der Waals surface area (Å²) >= 11 is 0. The molecule has 1 saturated heterocycles. The Hall–Kier alpha value is -3.01. The summed E-state index contributed by atoms with van der Waals surface area (Å²) in [5.41, 5.74) is 2.07. The van der Waals surface area contributed by atoms with Crippen molar-refractivity contribution in [1.82, 2.24) is 9.21 Å². The molecule has 0 radical (unpaired) electrons. The minimum atomic E-state index is -3.87. The number of carbonyl (C=O) groups is 1. The zero-order valence-electron chi connectivity index (χ0n) is 20.2. The average Bonchev–Trinajstić information content (AvgIpc) is 2.89. The molecule has 9 heteroatoms. The second kappa shape index (κ2) is 10.9. The van der Waals surface area contributed by atoms with Crippen LogP contribution in [0.3, 0.4) is 0 Å². The summed E-state index contributed by atoms with van der Waals surface area (Å²) in [5.74, 6) is -0.273. The maximum atomic E-state index is 13.6. The van der Waals surface area contributed by atoms with E-state index >= 15 is 0 Å². The summed E-state index contributed by atoms with van der Waals surface area (Å²) in [5, 5.41) is 0. The number of carbonyl (C=O) groups excluding carboxylic acids is 1. The molecule has 1 aliphatic heterocycles. The monoisotopic (exact) mass is 526 g/mol. The standard InChI is InChI=1S/C27H30N2O5S2/c1-35(31,32)25-13-8-14-26(19-25)36(33,34)29-17-15-24(16-18-29)27(30)28(20-22-9-4-2-5-10-22)21-23-11-6-3-7-12-23/h2-14,19,24H,15-18,20-21H2,1H3. The molecule has 1 aliphatic rings. The minimum absolute atomic E-state index is 0.0128. The Labute approximate surface area is 213 Å². The van der Waals surface area contributed by atoms with Gasteiger partial charge in [0, 0.05) is 38.4 Å². The highest BCUT2D eigenvalue weighted by Gasteiger charge is 2.34. The van der Waals surface area contributed by atoms with Crippen LogP contribution in [0.1, 0.15) is 24.0 Å². The van der Waals surface area contributed by atoms with E-state index in [4.69, 9.17) is 0 Å². The molecular formula is C27H30N2O5S2. The number of sulfone groups is 1. The van der Waals surface area contributed by atoms with Crippen molar-refractivity contribution in [2.24, 2.45) is 5.92 Å². The molecule has 7 nitrogen and oxygen atoms in total. The van der Waals surface area contributed by atoms with Gasteiger partial charge in [0.2, 0.25) is 15.9 Å². The molecule has 0 unspecified atom stereocenters. The van der Waals surface area contributed by atoms with Crippen molar-refractivity contribution in [1.29, 1.82) is 0 Å². The molecule has 0 N–H and O–H groups in total. The summed E-state index contributed by atoms with van der Waals surface area (Å²) in [6.07, 6.45) is 1.86. The Balaban J connectivity index is 1.47. The van der Waals surface area contributed by atoms with Gasteiger partial charge in [0.15, 0.2) is 9.84 Å². The maximum Gasteiger partial charge on any atom is 0.243 e. The lowest BCUT2D eigenvalue weighted by atomic mass is 9.96. The zero-order valence-corrected chi connectivity index (χ0v) is 21.8. The van der Waals surface area contributed by atoms with Gasteiger partial charge < -0.3 is 4.90 Å². The smallest absolute Gasteiger partial charge is 0.243 e. The van der Waals surface area contributed by atoms with E-state index in [1.807, 2.05) is 65.6 Å². The highest BCUT2D eigenvalue weighted by molar-refractivity contribution is 7.91. The first-order chi connectivity index (χ1) is 17.1. The molecule has 0 aromatic heterocycles. The Morgan fingerprint density at radius 1 is 0.778 bits per heavy atom. The van der Waals surface area contributed by atoms with Gasteiger partial charge in [-0.25, -0.2) is 16.8 Å². The van der Waals surface area contributed by atoms with Crippen molar-refractivity contribution in [3.63, 3.8) is 0 Å². The third-order valence-corrected chi connectivity index (χ3v) is 9.42. The Morgan fingerprint density at radius 2 is 1.28 bits per heavy atom. The fourth-order valence-electron chi connectivity index (χ4n) is 4.44. The van der Waals surface area contributed by atoms with Crippen LogP contribution >= 0.6 is 0 Å². The molecular weight excluding hydrogens is 496 g/mol. The molecule has 3 aromatic rings. The number of nitrogens with zero attached hydrogens (tertiary/aromatic N) is 2. The Kier molecular flexibility index (Phi) is 7.92. The molecule has 0 spiro atoms. The minimum Gasteiger partial charge on any atom is -0.334 e. The summed E-state index contributed by atoms with van der Waals surface area (Å²) in [7, 11) is -7.40. The summed E-state index contributed by atoms with van der Waals surface area (Å²) < 4.78 is 51.5. The lowest BCUT2D eigenvalue weighted by Gasteiger charge is -2.34. The van der Waals surface area contributed by atoms with E-state index in [2.05, 4.69) is 0 Å². The van der Waals surface area contributed by atoms with E-state index < -0.39 is 19.9 Å². The van der Waals surface area contributed by atoms with Gasteiger partial charge in [-0.05, 0) is 42.2 Å². The van der Waals surface area contributed by atoms with Crippen molar-refractivity contribution in [2.75, 3.05) is 19.3 Å². The highest BCUT2D eigenvalue weighted by atomic mass is 32.2. The lowest BCUT2D eigenvalue weighted by molar-refractivity contribution is -0.138. The van der Waals surface area contributed by atoms with Gasteiger partial charge in [-0.2, -0.15) is 4.31 Å². The molecule has 0 saturated carbocycles. The first-order valence-corrected chi connectivity index (χ1v) is 15.1. The normalized spacial score (nSPS) is 15.5. The van der Waals surface area contributed by atoms with E-state index in [0.29, 0.717) is 25.9 Å². The van der Waals surface area contributed by atoms with Gasteiger partial charge in [-0.15, -0.1) is 0 Å². The van der Waals surface area contributed by atoms with Gasteiger partial charge in [-0.3, -0.25) is 4.79 Å². The van der Waals surface area contributed by atoms with Crippen LogP contribution in [0.25, 0.3) is 0 Å². The van der Waals surface area contributed by atoms with Crippen molar-refractivity contribution >= 4 is 25.8 Å². The summed E-state index contributed by atoms with van der Waals surface area (Å²) in [4.78, 5) is 15.3. The number of amides is 1. The highest BCUT2D eigenvalue weighted by Crippen LogP contribution is 2.27. The number of hydrogen-bond acceptors (Lipinski definition) is 5. The predicted octanol–water partition coefficient (Wildman–Crippen LogP) is 3.72. The summed E-state index contributed by atoms with van der Waals surface area (Å²) in [6.45, 7) is 1.36. The molecule has 0 bridgehead atoms. The first-order valence-electron chi connectivity index (χ1n) is 11.8.